The maximum absolute atomic E-state index is 12.6. The van der Waals surface area contributed by atoms with Gasteiger partial charge in [0.15, 0.2) is 0 Å². The molecule has 1 aliphatic heterocycles. The van der Waals surface area contributed by atoms with E-state index in [1.807, 2.05) is 6.92 Å². The zero-order chi connectivity index (χ0) is 20.4. The van der Waals surface area contributed by atoms with Crippen LogP contribution in [0.15, 0.2) is 22.8 Å². The fraction of sp³-hybridized carbons (Fsp3) is 0.700. The lowest BCUT2D eigenvalue weighted by molar-refractivity contribution is -0.299. The molecule has 1 heterocycles. The Morgan fingerprint density at radius 3 is 2.56 bits per heavy atom. The summed E-state index contributed by atoms with van der Waals surface area (Å²) in [6.45, 7) is 8.47. The molecule has 0 spiro atoms. The first-order valence-electron chi connectivity index (χ1n) is 9.33. The van der Waals surface area contributed by atoms with Crippen molar-refractivity contribution in [2.45, 2.75) is 77.5 Å². The molecule has 0 unspecified atom stereocenters. The maximum Gasteiger partial charge on any atom is 0.336 e. The summed E-state index contributed by atoms with van der Waals surface area (Å²) in [6, 6.07) is 0. The van der Waals surface area contributed by atoms with E-state index < -0.39 is 40.9 Å². The smallest absolute Gasteiger partial charge is 0.336 e. The Bertz CT molecular complexity index is 753. The molecule has 0 amide bonds. The van der Waals surface area contributed by atoms with Gasteiger partial charge < -0.3 is 24.8 Å². The molecule has 0 bridgehead atoms. The van der Waals surface area contributed by atoms with E-state index in [4.69, 9.17) is 9.47 Å². The predicted molar refractivity (Wildman–Crippen MR) is 95.1 cm³/mol. The number of fused-ring (bicyclic) bond motifs is 2. The van der Waals surface area contributed by atoms with Gasteiger partial charge in [-0.05, 0) is 39.5 Å². The zero-order valence-electron chi connectivity index (χ0n) is 16.4. The highest BCUT2D eigenvalue weighted by atomic mass is 16.7. The summed E-state index contributed by atoms with van der Waals surface area (Å²) in [6.07, 6.45) is -0.0763. The van der Waals surface area contributed by atoms with E-state index in [2.05, 4.69) is 0 Å². The van der Waals surface area contributed by atoms with E-state index in [-0.39, 0.29) is 23.5 Å². The molecule has 0 saturated heterocycles. The van der Waals surface area contributed by atoms with Crippen LogP contribution in [0.4, 0.5) is 0 Å². The second-order valence-corrected chi connectivity index (χ2v) is 8.35. The van der Waals surface area contributed by atoms with Gasteiger partial charge in [0, 0.05) is 23.0 Å². The van der Waals surface area contributed by atoms with Crippen LogP contribution < -0.4 is 0 Å². The minimum absolute atomic E-state index is 0.143. The molecular formula is C20H28O7. The molecule has 0 aromatic heterocycles. The number of aliphatic hydroxyl groups excluding tert-OH is 1. The summed E-state index contributed by atoms with van der Waals surface area (Å²) in [5.41, 5.74) is -2.20. The monoisotopic (exact) mass is 380 g/mol. The Hall–Kier alpha value is -1.70. The topological polar surface area (TPSA) is 113 Å². The number of aliphatic hydroxyl groups is 3. The second-order valence-electron chi connectivity index (χ2n) is 8.35. The summed E-state index contributed by atoms with van der Waals surface area (Å²) in [5, 5.41) is 33.2. The third-order valence-electron chi connectivity index (χ3n) is 7.07. The van der Waals surface area contributed by atoms with Crippen LogP contribution in [0.25, 0.3) is 0 Å². The molecule has 27 heavy (non-hydrogen) atoms. The van der Waals surface area contributed by atoms with Crippen molar-refractivity contribution in [3.05, 3.63) is 22.8 Å². The predicted octanol–water partition coefficient (Wildman–Crippen LogP) is 1.36. The first kappa shape index (κ1) is 20.0. The van der Waals surface area contributed by atoms with Gasteiger partial charge in [0.25, 0.3) is 0 Å². The largest absolute Gasteiger partial charge is 0.453 e. The SMILES string of the molecule is C/C=C(/C)C(=O)O[C@H]1C2=C(C)C(=O)O[C@]2(O)C[C@]2(O)[C@H](O)CC[C@@H](C)[C@]12C. The van der Waals surface area contributed by atoms with Crippen molar-refractivity contribution in [2.75, 3.05) is 0 Å². The second kappa shape index (κ2) is 6.15. The van der Waals surface area contributed by atoms with Crippen molar-refractivity contribution < 1.29 is 34.4 Å². The van der Waals surface area contributed by atoms with Gasteiger partial charge in [-0.15, -0.1) is 0 Å². The molecule has 0 radical (unpaired) electrons. The van der Waals surface area contributed by atoms with Crippen LogP contribution in [-0.2, 0) is 19.1 Å². The lowest BCUT2D eigenvalue weighted by Gasteiger charge is -2.62. The first-order chi connectivity index (χ1) is 12.4. The Morgan fingerprint density at radius 1 is 1.33 bits per heavy atom. The Balaban J connectivity index is 2.22. The highest BCUT2D eigenvalue weighted by Gasteiger charge is 2.72. The van der Waals surface area contributed by atoms with Gasteiger partial charge in [-0.25, -0.2) is 9.59 Å². The van der Waals surface area contributed by atoms with Crippen LogP contribution in [0, 0.1) is 11.3 Å². The minimum Gasteiger partial charge on any atom is -0.453 e. The summed E-state index contributed by atoms with van der Waals surface area (Å²) in [4.78, 5) is 24.8. The van der Waals surface area contributed by atoms with Gasteiger partial charge in [-0.3, -0.25) is 0 Å². The Kier molecular flexibility index (Phi) is 4.57. The molecule has 7 heteroatoms. The van der Waals surface area contributed by atoms with E-state index in [0.29, 0.717) is 18.4 Å². The summed E-state index contributed by atoms with van der Waals surface area (Å²) < 4.78 is 10.9. The van der Waals surface area contributed by atoms with Crippen molar-refractivity contribution in [1.82, 2.24) is 0 Å². The van der Waals surface area contributed by atoms with Crippen molar-refractivity contribution in [3.8, 4) is 0 Å². The number of carbonyl (C=O) groups is 2. The minimum atomic E-state index is -2.11. The molecule has 3 N–H and O–H groups in total. The average Bonchev–Trinajstić information content (AvgIpc) is 2.82. The molecule has 3 aliphatic rings. The number of ether oxygens (including phenoxy) is 2. The van der Waals surface area contributed by atoms with Crippen LogP contribution >= 0.6 is 0 Å². The van der Waals surface area contributed by atoms with Crippen LogP contribution in [0.3, 0.4) is 0 Å². The van der Waals surface area contributed by atoms with Crippen molar-refractivity contribution in [3.63, 3.8) is 0 Å². The molecule has 2 fully saturated rings. The molecule has 0 aromatic carbocycles. The van der Waals surface area contributed by atoms with E-state index in [9.17, 15) is 24.9 Å². The normalized spacial score (nSPS) is 44.5. The van der Waals surface area contributed by atoms with E-state index in [0.717, 1.165) is 0 Å². The maximum atomic E-state index is 12.6. The molecule has 150 valence electrons. The number of hydrogen-bond acceptors (Lipinski definition) is 7. The number of esters is 2. The van der Waals surface area contributed by atoms with Gasteiger partial charge in [0.2, 0.25) is 5.79 Å². The van der Waals surface area contributed by atoms with Crippen LogP contribution in [0.5, 0.6) is 0 Å². The third-order valence-corrected chi connectivity index (χ3v) is 7.07. The van der Waals surface area contributed by atoms with Crippen molar-refractivity contribution in [2.24, 2.45) is 11.3 Å². The zero-order valence-corrected chi connectivity index (χ0v) is 16.4. The molecule has 3 rings (SSSR count). The fourth-order valence-electron chi connectivity index (χ4n) is 4.91. The molecular weight excluding hydrogens is 352 g/mol. The summed E-state index contributed by atoms with van der Waals surface area (Å²) in [7, 11) is 0. The number of allylic oxidation sites excluding steroid dienone is 1. The van der Waals surface area contributed by atoms with Gasteiger partial charge in [0.05, 0.1) is 11.7 Å². The Morgan fingerprint density at radius 2 is 1.96 bits per heavy atom. The number of carbonyl (C=O) groups excluding carboxylic acids is 2. The standard InChI is InChI=1S/C20H28O7/c1-6-10(2)16(22)26-15-14-12(4)17(23)27-20(14,25)9-19(24)13(21)8-7-11(3)18(15,19)5/h6,11,13,15,21,24-25H,7-9H2,1-5H3/b10-6-/t11-,13-,15+,18-,19+,20-/m1/s1. The van der Waals surface area contributed by atoms with Gasteiger partial charge in [0.1, 0.15) is 11.7 Å². The van der Waals surface area contributed by atoms with Crippen molar-refractivity contribution in [1.29, 1.82) is 0 Å². The van der Waals surface area contributed by atoms with Gasteiger partial charge in [-0.2, -0.15) is 0 Å². The molecule has 6 atom stereocenters. The highest BCUT2D eigenvalue weighted by molar-refractivity contribution is 5.93. The summed E-state index contributed by atoms with van der Waals surface area (Å²) in [5.74, 6) is -3.58. The lowest BCUT2D eigenvalue weighted by Crippen LogP contribution is -2.72. The quantitative estimate of drug-likeness (QED) is 0.490. The van der Waals surface area contributed by atoms with Gasteiger partial charge in [-0.1, -0.05) is 19.9 Å². The third kappa shape index (κ3) is 2.52. The number of hydrogen-bond donors (Lipinski definition) is 3. The molecule has 7 nitrogen and oxygen atoms in total. The first-order valence-corrected chi connectivity index (χ1v) is 9.33. The van der Waals surface area contributed by atoms with E-state index >= 15 is 0 Å². The van der Waals surface area contributed by atoms with Crippen LogP contribution in [0.2, 0.25) is 0 Å². The molecule has 0 aromatic rings. The summed E-state index contributed by atoms with van der Waals surface area (Å²) >= 11 is 0. The average molecular weight is 380 g/mol. The number of rotatable bonds is 2. The van der Waals surface area contributed by atoms with Crippen LogP contribution in [-0.4, -0.2) is 50.9 Å². The van der Waals surface area contributed by atoms with E-state index in [1.165, 1.54) is 6.92 Å². The molecule has 2 saturated carbocycles. The van der Waals surface area contributed by atoms with Crippen LogP contribution in [0.1, 0.15) is 53.9 Å². The van der Waals surface area contributed by atoms with Crippen molar-refractivity contribution >= 4 is 11.9 Å². The highest BCUT2D eigenvalue weighted by Crippen LogP contribution is 2.62. The fourth-order valence-corrected chi connectivity index (χ4v) is 4.91. The Labute approximate surface area is 158 Å². The van der Waals surface area contributed by atoms with Gasteiger partial charge >= 0.3 is 11.9 Å². The lowest BCUT2D eigenvalue weighted by atomic mass is 9.49. The molecule has 2 aliphatic carbocycles. The van der Waals surface area contributed by atoms with E-state index in [1.54, 1.807) is 26.8 Å².